The molecule has 0 spiro atoms. The molecule has 0 aliphatic carbocycles. The molecule has 0 aromatic rings. The Labute approximate surface area is 83.8 Å². The number of hydrazone groups is 2. The van der Waals surface area contributed by atoms with Crippen molar-refractivity contribution in [1.82, 2.24) is 0 Å². The summed E-state index contributed by atoms with van der Waals surface area (Å²) >= 11 is 0. The van der Waals surface area contributed by atoms with Gasteiger partial charge in [0.25, 0.3) is 0 Å². The maximum absolute atomic E-state index is 12.7. The molecule has 0 aliphatic heterocycles. The summed E-state index contributed by atoms with van der Waals surface area (Å²) in [5, 5.41) is 4.44. The summed E-state index contributed by atoms with van der Waals surface area (Å²) in [5.41, 5.74) is -2.09. The van der Waals surface area contributed by atoms with Crippen LogP contribution in [0.2, 0.25) is 0 Å². The van der Waals surface area contributed by atoms with Crippen LogP contribution in [0.1, 0.15) is 0 Å². The highest BCUT2D eigenvalue weighted by Crippen LogP contribution is 2.46. The summed E-state index contributed by atoms with van der Waals surface area (Å²) < 4.78 is 85.1. The third-order valence-corrected chi connectivity index (χ3v) is 1.41. The van der Waals surface area contributed by atoms with Gasteiger partial charge in [0.15, 0.2) is 5.71 Å². The summed E-state index contributed by atoms with van der Waals surface area (Å²) in [7, 11) is 0. The fourth-order valence-electron chi connectivity index (χ4n) is 0.605. The lowest BCUT2D eigenvalue weighted by Crippen LogP contribution is -2.56. The Bertz CT molecular complexity index is 304. The zero-order valence-corrected chi connectivity index (χ0v) is 7.27. The van der Waals surface area contributed by atoms with Crippen LogP contribution in [-0.4, -0.2) is 29.9 Å². The third-order valence-electron chi connectivity index (χ3n) is 1.41. The van der Waals surface area contributed by atoms with Gasteiger partial charge in [-0.25, -0.2) is 0 Å². The first-order valence-electron chi connectivity index (χ1n) is 3.36. The molecule has 0 radical (unpaired) electrons. The van der Waals surface area contributed by atoms with Gasteiger partial charge in [-0.2, -0.15) is 40.9 Å². The molecule has 0 atom stereocenters. The second kappa shape index (κ2) is 4.14. The summed E-state index contributed by atoms with van der Waals surface area (Å²) in [6.45, 7) is 0. The summed E-state index contributed by atoms with van der Waals surface area (Å²) in [6.07, 6.45) is -6.66. The van der Waals surface area contributed by atoms with Crippen LogP contribution in [0.15, 0.2) is 10.2 Å². The van der Waals surface area contributed by atoms with Gasteiger partial charge in [0.2, 0.25) is 0 Å². The minimum absolute atomic E-state index is 0.195. The Morgan fingerprint density at radius 2 is 1.38 bits per heavy atom. The lowest BCUT2D eigenvalue weighted by molar-refractivity contribution is -0.335. The van der Waals surface area contributed by atoms with E-state index in [1.54, 1.807) is 0 Å². The van der Waals surface area contributed by atoms with Gasteiger partial charge < -0.3 is 11.7 Å². The second-order valence-corrected chi connectivity index (χ2v) is 2.44. The first-order valence-corrected chi connectivity index (χ1v) is 3.36. The van der Waals surface area contributed by atoms with E-state index in [1.807, 2.05) is 0 Å². The van der Waals surface area contributed by atoms with E-state index in [0.717, 1.165) is 0 Å². The van der Waals surface area contributed by atoms with Crippen LogP contribution in [-0.2, 0) is 0 Å². The SMILES string of the molecule is N/N=C/C(=N\N)C(F)(F)C(F)(F)C(F)(F)F. The van der Waals surface area contributed by atoms with Crippen LogP contribution < -0.4 is 11.7 Å². The number of nitrogens with zero attached hydrogens (tertiary/aromatic N) is 2. The minimum Gasteiger partial charge on any atom is -0.323 e. The van der Waals surface area contributed by atoms with Gasteiger partial charge in [-0.3, -0.25) is 0 Å². The quantitative estimate of drug-likeness (QED) is 0.342. The number of alkyl halides is 7. The third kappa shape index (κ3) is 2.17. The summed E-state index contributed by atoms with van der Waals surface area (Å²) in [4.78, 5) is 0. The summed E-state index contributed by atoms with van der Waals surface area (Å²) in [5.74, 6) is -3.42. The van der Waals surface area contributed by atoms with Crippen molar-refractivity contribution in [2.75, 3.05) is 0 Å². The van der Waals surface area contributed by atoms with Crippen LogP contribution in [0.5, 0.6) is 0 Å². The zero-order valence-electron chi connectivity index (χ0n) is 7.27. The van der Waals surface area contributed by atoms with Crippen molar-refractivity contribution in [2.24, 2.45) is 21.9 Å². The Balaban J connectivity index is 5.51. The van der Waals surface area contributed by atoms with Crippen molar-refractivity contribution in [3.05, 3.63) is 0 Å². The van der Waals surface area contributed by atoms with E-state index < -0.39 is 23.7 Å². The monoisotopic (exact) mass is 254 g/mol. The van der Waals surface area contributed by atoms with Crippen LogP contribution >= 0.6 is 0 Å². The van der Waals surface area contributed by atoms with Crippen molar-refractivity contribution in [1.29, 1.82) is 0 Å². The number of halogens is 7. The maximum atomic E-state index is 12.7. The van der Waals surface area contributed by atoms with Crippen LogP contribution in [0.4, 0.5) is 30.7 Å². The van der Waals surface area contributed by atoms with Gasteiger partial charge in [-0.15, -0.1) is 0 Å². The number of rotatable bonds is 3. The molecule has 0 aromatic heterocycles. The molecule has 0 rings (SSSR count). The van der Waals surface area contributed by atoms with E-state index >= 15 is 0 Å². The van der Waals surface area contributed by atoms with E-state index in [-0.39, 0.29) is 6.21 Å². The molecule has 0 heterocycles. The van der Waals surface area contributed by atoms with Crippen molar-refractivity contribution < 1.29 is 30.7 Å². The van der Waals surface area contributed by atoms with E-state index in [9.17, 15) is 30.7 Å². The van der Waals surface area contributed by atoms with E-state index in [4.69, 9.17) is 0 Å². The Kier molecular flexibility index (Phi) is 3.74. The number of nitrogens with two attached hydrogens (primary N) is 2. The fraction of sp³-hybridized carbons (Fsp3) is 0.600. The van der Waals surface area contributed by atoms with E-state index in [0.29, 0.717) is 0 Å². The van der Waals surface area contributed by atoms with Gasteiger partial charge in [-0.05, 0) is 0 Å². The molecular weight excluding hydrogens is 249 g/mol. The van der Waals surface area contributed by atoms with Crippen LogP contribution in [0.3, 0.4) is 0 Å². The van der Waals surface area contributed by atoms with Gasteiger partial charge in [0.05, 0.1) is 6.21 Å². The highest BCUT2D eigenvalue weighted by molar-refractivity contribution is 6.33. The standard InChI is InChI=1S/C5H5F7N4/c6-3(7,2(16-14)1-15-13)4(8,9)5(10,11)12/h1H,13-14H2/b15-1+,16-2+. The first-order chi connectivity index (χ1) is 7.02. The van der Waals surface area contributed by atoms with Crippen molar-refractivity contribution in [2.45, 2.75) is 18.0 Å². The average Bonchev–Trinajstić information content (AvgIpc) is 2.11. The minimum atomic E-state index is -6.46. The maximum Gasteiger partial charge on any atom is 0.460 e. The molecule has 0 saturated heterocycles. The summed E-state index contributed by atoms with van der Waals surface area (Å²) in [6, 6.07) is 0. The van der Waals surface area contributed by atoms with Gasteiger partial charge in [0.1, 0.15) is 0 Å². The second-order valence-electron chi connectivity index (χ2n) is 2.44. The molecule has 4 nitrogen and oxygen atoms in total. The molecule has 11 heteroatoms. The Morgan fingerprint density at radius 1 is 0.938 bits per heavy atom. The molecule has 0 unspecified atom stereocenters. The Hall–Kier alpha value is -1.55. The fourth-order valence-corrected chi connectivity index (χ4v) is 0.605. The van der Waals surface area contributed by atoms with Gasteiger partial charge in [-0.1, -0.05) is 0 Å². The molecule has 0 aromatic carbocycles. The zero-order chi connectivity index (χ0) is 13.2. The molecule has 16 heavy (non-hydrogen) atoms. The lowest BCUT2D eigenvalue weighted by Gasteiger charge is -2.27. The normalized spacial score (nSPS) is 15.8. The van der Waals surface area contributed by atoms with Crippen LogP contribution in [0.25, 0.3) is 0 Å². The van der Waals surface area contributed by atoms with Crippen molar-refractivity contribution in [3.8, 4) is 0 Å². The highest BCUT2D eigenvalue weighted by atomic mass is 19.4. The number of hydrogen-bond donors (Lipinski definition) is 2. The highest BCUT2D eigenvalue weighted by Gasteiger charge is 2.74. The predicted octanol–water partition coefficient (Wildman–Crippen LogP) is 1.08. The first kappa shape index (κ1) is 14.5. The molecule has 0 aliphatic rings. The van der Waals surface area contributed by atoms with Gasteiger partial charge in [0, 0.05) is 0 Å². The van der Waals surface area contributed by atoms with Crippen molar-refractivity contribution in [3.63, 3.8) is 0 Å². The number of hydrogen-bond acceptors (Lipinski definition) is 4. The molecule has 4 N–H and O–H groups in total. The van der Waals surface area contributed by atoms with Crippen molar-refractivity contribution >= 4 is 11.9 Å². The average molecular weight is 254 g/mol. The Morgan fingerprint density at radius 3 is 1.62 bits per heavy atom. The van der Waals surface area contributed by atoms with E-state index in [1.165, 1.54) is 0 Å². The smallest absolute Gasteiger partial charge is 0.323 e. The topological polar surface area (TPSA) is 76.8 Å². The molecule has 0 bridgehead atoms. The molecule has 0 fully saturated rings. The molecule has 94 valence electrons. The lowest BCUT2D eigenvalue weighted by atomic mass is 10.1. The predicted molar refractivity (Wildman–Crippen MR) is 40.3 cm³/mol. The van der Waals surface area contributed by atoms with Gasteiger partial charge >= 0.3 is 18.0 Å². The largest absolute Gasteiger partial charge is 0.460 e. The van der Waals surface area contributed by atoms with Crippen LogP contribution in [0, 0.1) is 0 Å². The molecular formula is C5H5F7N4. The molecule has 0 saturated carbocycles. The van der Waals surface area contributed by atoms with E-state index in [2.05, 4.69) is 21.9 Å². The molecule has 0 amide bonds.